The number of rotatable bonds is 7. The summed E-state index contributed by atoms with van der Waals surface area (Å²) in [5, 5.41) is 3.75. The van der Waals surface area contributed by atoms with Gasteiger partial charge in [0, 0.05) is 42.9 Å². The van der Waals surface area contributed by atoms with Crippen molar-refractivity contribution in [3.05, 3.63) is 98.7 Å². The van der Waals surface area contributed by atoms with Crippen LogP contribution in [0, 0.1) is 17.5 Å². The van der Waals surface area contributed by atoms with Gasteiger partial charge in [0.15, 0.2) is 11.4 Å². The van der Waals surface area contributed by atoms with Gasteiger partial charge in [-0.2, -0.15) is 0 Å². The van der Waals surface area contributed by atoms with Gasteiger partial charge in [-0.25, -0.2) is 22.0 Å². The molecule has 0 spiro atoms. The Balaban J connectivity index is 1.58. The Bertz CT molecular complexity index is 1530. The van der Waals surface area contributed by atoms with E-state index in [-0.39, 0.29) is 25.4 Å². The number of benzene rings is 2. The highest BCUT2D eigenvalue weighted by Gasteiger charge is 2.45. The highest BCUT2D eigenvalue weighted by atomic mass is 19.2. The zero-order valence-electron chi connectivity index (χ0n) is 21.8. The van der Waals surface area contributed by atoms with Gasteiger partial charge in [-0.1, -0.05) is 30.3 Å². The number of aromatic nitrogens is 1. The van der Waals surface area contributed by atoms with E-state index in [1.807, 2.05) is 0 Å². The maximum absolute atomic E-state index is 15.0. The molecule has 3 atom stereocenters. The molecule has 2 bridgehead atoms. The first-order valence-electron chi connectivity index (χ1n) is 12.8. The summed E-state index contributed by atoms with van der Waals surface area (Å²) in [7, 11) is 0. The molecule has 1 aromatic heterocycles. The Morgan fingerprint density at radius 3 is 2.44 bits per heavy atom. The predicted molar refractivity (Wildman–Crippen MR) is 137 cm³/mol. The monoisotopic (exact) mass is 576 g/mol. The van der Waals surface area contributed by atoms with Crippen molar-refractivity contribution in [2.75, 3.05) is 18.4 Å². The summed E-state index contributed by atoms with van der Waals surface area (Å²) in [6.07, 6.45) is -0.772. The third kappa shape index (κ3) is 5.23. The molecule has 2 aliphatic heterocycles. The average Bonchev–Trinajstić information content (AvgIpc) is 3.04. The molecule has 0 aliphatic carbocycles. The molecule has 41 heavy (non-hydrogen) atoms. The molecule has 3 heterocycles. The summed E-state index contributed by atoms with van der Waals surface area (Å²) in [6.45, 7) is -0.619. The number of hydrogen-bond acceptors (Lipinski definition) is 5. The Morgan fingerprint density at radius 1 is 1.10 bits per heavy atom. The van der Waals surface area contributed by atoms with Crippen molar-refractivity contribution in [2.24, 2.45) is 0 Å². The molecule has 0 saturated carbocycles. The molecular formula is C28H25F5N4O4. The van der Waals surface area contributed by atoms with Crippen LogP contribution in [-0.2, 0) is 13.2 Å². The first kappa shape index (κ1) is 28.1. The summed E-state index contributed by atoms with van der Waals surface area (Å²) in [5.41, 5.74) is -1.86. The molecule has 8 nitrogen and oxygen atoms in total. The molecule has 1 fully saturated rings. The summed E-state index contributed by atoms with van der Waals surface area (Å²) in [5.74, 6) is -6.04. The zero-order chi connectivity index (χ0) is 29.4. The molecule has 13 heteroatoms. The van der Waals surface area contributed by atoms with E-state index in [0.29, 0.717) is 17.7 Å². The molecular weight excluding hydrogens is 551 g/mol. The Hall–Kier alpha value is -4.42. The minimum absolute atomic E-state index is 0.144. The lowest BCUT2D eigenvalue weighted by Crippen LogP contribution is -2.58. The number of hydrogen-bond donors (Lipinski definition) is 1. The largest absolute Gasteiger partial charge is 0.482 e. The molecule has 1 saturated heterocycles. The zero-order valence-corrected chi connectivity index (χ0v) is 21.8. The molecule has 1 N–H and O–H groups in total. The third-order valence-electron chi connectivity index (χ3n) is 7.24. The van der Waals surface area contributed by atoms with Crippen LogP contribution in [0.5, 0.6) is 5.75 Å². The number of carbonyl (C=O) groups excluding carboxylic acids is 2. The van der Waals surface area contributed by atoms with Crippen LogP contribution in [0.25, 0.3) is 0 Å². The van der Waals surface area contributed by atoms with Gasteiger partial charge in [-0.3, -0.25) is 24.1 Å². The van der Waals surface area contributed by atoms with E-state index in [1.54, 1.807) is 37.3 Å². The van der Waals surface area contributed by atoms with Gasteiger partial charge in [0.25, 0.3) is 11.8 Å². The van der Waals surface area contributed by atoms with Gasteiger partial charge in [0.1, 0.15) is 49.1 Å². The van der Waals surface area contributed by atoms with Crippen molar-refractivity contribution < 1.29 is 36.3 Å². The molecule has 2 aromatic carbocycles. The van der Waals surface area contributed by atoms with Crippen molar-refractivity contribution in [1.82, 2.24) is 14.9 Å². The summed E-state index contributed by atoms with van der Waals surface area (Å²) in [4.78, 5) is 41.4. The van der Waals surface area contributed by atoms with E-state index in [9.17, 15) is 36.3 Å². The molecule has 0 unspecified atom stereocenters. The number of amides is 2. The number of nitrogens with one attached hydrogen (secondary N) is 1. The van der Waals surface area contributed by atoms with Crippen LogP contribution < -0.4 is 20.5 Å². The van der Waals surface area contributed by atoms with Gasteiger partial charge in [-0.15, -0.1) is 0 Å². The van der Waals surface area contributed by atoms with E-state index in [0.717, 1.165) is 11.1 Å². The maximum Gasteiger partial charge on any atom is 0.278 e. The minimum atomic E-state index is -1.69. The van der Waals surface area contributed by atoms with Crippen molar-refractivity contribution in [3.63, 3.8) is 0 Å². The number of pyridine rings is 1. The molecule has 5 rings (SSSR count). The lowest BCUT2D eigenvalue weighted by Gasteiger charge is -2.42. The molecule has 2 aliphatic rings. The first-order valence-corrected chi connectivity index (χ1v) is 12.8. The van der Waals surface area contributed by atoms with Crippen LogP contribution in [0.1, 0.15) is 45.3 Å². The third-order valence-corrected chi connectivity index (χ3v) is 7.24. The van der Waals surface area contributed by atoms with Crippen LogP contribution in [0.3, 0.4) is 0 Å². The van der Waals surface area contributed by atoms with E-state index < -0.39 is 83.0 Å². The van der Waals surface area contributed by atoms with Crippen LogP contribution >= 0.6 is 0 Å². The number of alkyl halides is 2. The number of ether oxygens (including phenoxy) is 1. The van der Waals surface area contributed by atoms with E-state index >= 15 is 0 Å². The fourth-order valence-electron chi connectivity index (χ4n) is 5.02. The van der Waals surface area contributed by atoms with E-state index in [4.69, 9.17) is 4.74 Å². The molecule has 3 aromatic rings. The van der Waals surface area contributed by atoms with Crippen LogP contribution in [0.2, 0.25) is 0 Å². The van der Waals surface area contributed by atoms with Gasteiger partial charge in [-0.05, 0) is 12.5 Å². The second-order valence-corrected chi connectivity index (χ2v) is 9.88. The van der Waals surface area contributed by atoms with Crippen LogP contribution in [-0.4, -0.2) is 53.0 Å². The number of carbonyl (C=O) groups is 2. The Labute approximate surface area is 230 Å². The molecule has 0 radical (unpaired) electrons. The van der Waals surface area contributed by atoms with Crippen molar-refractivity contribution >= 4 is 11.8 Å². The first-order chi connectivity index (χ1) is 19.6. The Kier molecular flexibility index (Phi) is 7.70. The van der Waals surface area contributed by atoms with E-state index in [2.05, 4.69) is 5.32 Å². The quantitative estimate of drug-likeness (QED) is 0.435. The summed E-state index contributed by atoms with van der Waals surface area (Å²) < 4.78 is 77.5. The van der Waals surface area contributed by atoms with Crippen LogP contribution in [0.4, 0.5) is 22.0 Å². The lowest BCUT2D eigenvalue weighted by molar-refractivity contribution is 0.0472. The number of fused-ring (bicyclic) bond motifs is 4. The average molecular weight is 577 g/mol. The SMILES string of the molecule is C[C@@H]1C[C@H](F)[C@H](CF)N2CN1n1cc(C(=O)NCc3c(F)cc(F)cc3F)c(=O)c(OCc3ccccc3)c1C2=O. The van der Waals surface area contributed by atoms with Gasteiger partial charge in [0.2, 0.25) is 5.43 Å². The number of nitrogens with zero attached hydrogens (tertiary/aromatic N) is 3. The lowest BCUT2D eigenvalue weighted by atomic mass is 10.1. The summed E-state index contributed by atoms with van der Waals surface area (Å²) in [6, 6.07) is 7.55. The summed E-state index contributed by atoms with van der Waals surface area (Å²) >= 11 is 0. The maximum atomic E-state index is 15.0. The fourth-order valence-corrected chi connectivity index (χ4v) is 5.02. The van der Waals surface area contributed by atoms with Gasteiger partial charge >= 0.3 is 0 Å². The van der Waals surface area contributed by atoms with Gasteiger partial charge < -0.3 is 15.0 Å². The minimum Gasteiger partial charge on any atom is -0.482 e. The van der Waals surface area contributed by atoms with Crippen molar-refractivity contribution in [2.45, 2.75) is 44.8 Å². The standard InChI is InChI=1S/C28H25F5N4O4/c1-15-7-22(33)23(10-29)35-14-37(15)36-12-19(27(39)34-11-18-20(31)8-17(30)9-21(18)32)25(38)26(24(36)28(35)40)41-13-16-5-3-2-4-6-16/h2-6,8-9,12,15,22-23H,7,10-11,13-14H2,1H3,(H,34,39)/t15-,22+,23+/m1/s1. The second kappa shape index (κ2) is 11.2. The number of halogens is 5. The predicted octanol–water partition coefficient (Wildman–Crippen LogP) is 3.59. The molecule has 2 amide bonds. The van der Waals surface area contributed by atoms with Crippen LogP contribution in [0.15, 0.2) is 53.5 Å². The normalized spacial score (nSPS) is 20.0. The highest BCUT2D eigenvalue weighted by molar-refractivity contribution is 5.99. The Morgan fingerprint density at radius 2 is 1.78 bits per heavy atom. The van der Waals surface area contributed by atoms with Gasteiger partial charge in [0.05, 0.1) is 6.04 Å². The topological polar surface area (TPSA) is 83.9 Å². The fraction of sp³-hybridized carbons (Fsp3) is 0.321. The molecule has 216 valence electrons. The van der Waals surface area contributed by atoms with Crippen molar-refractivity contribution in [3.8, 4) is 5.75 Å². The highest BCUT2D eigenvalue weighted by Crippen LogP contribution is 2.31. The van der Waals surface area contributed by atoms with E-state index in [1.165, 1.54) is 9.69 Å². The smallest absolute Gasteiger partial charge is 0.278 e. The van der Waals surface area contributed by atoms with Crippen molar-refractivity contribution in [1.29, 1.82) is 0 Å². The second-order valence-electron chi connectivity index (χ2n) is 9.88.